The van der Waals surface area contributed by atoms with E-state index in [1.165, 1.54) is 11.1 Å². The zero-order valence-corrected chi connectivity index (χ0v) is 12.5. The Balaban J connectivity index is 2.78. The summed E-state index contributed by atoms with van der Waals surface area (Å²) < 4.78 is 0. The molecule has 0 aliphatic rings. The fraction of sp³-hybridized carbons (Fsp3) is 0.429. The first-order chi connectivity index (χ1) is 7.96. The molecule has 0 fully saturated rings. The second kappa shape index (κ2) is 6.14. The smallest absolute Gasteiger partial charge is 0.0830 e. The van der Waals surface area contributed by atoms with Crippen molar-refractivity contribution < 1.29 is 0 Å². The Morgan fingerprint density at radius 2 is 1.53 bits per heavy atom. The first-order valence-corrected chi connectivity index (χ1v) is 9.68. The summed E-state index contributed by atoms with van der Waals surface area (Å²) in [6.45, 7) is 7.03. The molecule has 0 aliphatic heterocycles. The Morgan fingerprint density at radius 3 is 1.94 bits per heavy atom. The molecule has 0 saturated carbocycles. The van der Waals surface area contributed by atoms with Gasteiger partial charge in [-0.15, -0.1) is 0 Å². The number of nitrogens with one attached hydrogen (secondary N) is 2. The first-order valence-electron chi connectivity index (χ1n) is 6.10. The van der Waals surface area contributed by atoms with Crippen LogP contribution in [0.1, 0.15) is 17.3 Å². The van der Waals surface area contributed by atoms with E-state index in [2.05, 4.69) is 66.3 Å². The van der Waals surface area contributed by atoms with Gasteiger partial charge in [0.25, 0.3) is 0 Å². The van der Waals surface area contributed by atoms with Crippen LogP contribution in [0.15, 0.2) is 30.0 Å². The van der Waals surface area contributed by atoms with Gasteiger partial charge in [-0.2, -0.15) is 0 Å². The lowest BCUT2D eigenvalue weighted by Gasteiger charge is -2.15. The highest BCUT2D eigenvalue weighted by Gasteiger charge is 2.07. The van der Waals surface area contributed by atoms with Crippen molar-refractivity contribution in [2.75, 3.05) is 14.1 Å². The molecule has 3 heteroatoms. The van der Waals surface area contributed by atoms with Crippen molar-refractivity contribution >= 4 is 14.1 Å². The average Bonchev–Trinajstić information content (AvgIpc) is 2.29. The van der Waals surface area contributed by atoms with Crippen LogP contribution in [0.5, 0.6) is 0 Å². The summed E-state index contributed by atoms with van der Waals surface area (Å²) in [6, 6.07) is 8.68. The normalized spacial score (nSPS) is 12.6. The van der Waals surface area contributed by atoms with E-state index in [1.54, 1.807) is 0 Å². The van der Waals surface area contributed by atoms with Crippen molar-refractivity contribution in [1.29, 1.82) is 0 Å². The monoisotopic (exact) mass is 248 g/mol. The van der Waals surface area contributed by atoms with Gasteiger partial charge in [0.05, 0.1) is 14.2 Å². The summed E-state index contributed by atoms with van der Waals surface area (Å²) in [5.41, 5.74) is 4.91. The number of hydrogen-bond acceptors (Lipinski definition) is 2. The van der Waals surface area contributed by atoms with Gasteiger partial charge >= 0.3 is 0 Å². The topological polar surface area (TPSA) is 24.1 Å². The fourth-order valence-electron chi connectivity index (χ4n) is 1.62. The molecule has 0 radical (unpaired) electrons. The lowest BCUT2D eigenvalue weighted by atomic mass is 10.1. The first kappa shape index (κ1) is 14.2. The second-order valence-corrected chi connectivity index (χ2v) is 10.4. The minimum Gasteiger partial charge on any atom is -0.301 e. The molecule has 2 nitrogen and oxygen atoms in total. The molecule has 0 bridgehead atoms. The maximum Gasteiger partial charge on any atom is 0.0830 e. The minimum atomic E-state index is -1.09. The van der Waals surface area contributed by atoms with Crippen LogP contribution in [0.25, 0.3) is 6.08 Å². The minimum absolute atomic E-state index is 0.227. The van der Waals surface area contributed by atoms with E-state index in [9.17, 15) is 0 Å². The van der Waals surface area contributed by atoms with Crippen molar-refractivity contribution in [3.8, 4) is 0 Å². The van der Waals surface area contributed by atoms with Gasteiger partial charge in [-0.25, -0.2) is 0 Å². The maximum absolute atomic E-state index is 3.22. The third kappa shape index (κ3) is 4.85. The summed E-state index contributed by atoms with van der Waals surface area (Å²) >= 11 is 0. The van der Waals surface area contributed by atoms with E-state index in [-0.39, 0.29) is 6.17 Å². The van der Waals surface area contributed by atoms with Gasteiger partial charge in [0.15, 0.2) is 0 Å². The third-order valence-corrected chi connectivity index (χ3v) is 3.79. The molecular weight excluding hydrogens is 224 g/mol. The van der Waals surface area contributed by atoms with E-state index < -0.39 is 8.07 Å². The Kier molecular flexibility index (Phi) is 5.12. The quantitative estimate of drug-likeness (QED) is 0.618. The van der Waals surface area contributed by atoms with Crippen molar-refractivity contribution in [1.82, 2.24) is 10.6 Å². The molecule has 0 atom stereocenters. The van der Waals surface area contributed by atoms with Crippen LogP contribution in [-0.4, -0.2) is 22.2 Å². The van der Waals surface area contributed by atoms with Crippen molar-refractivity contribution in [3.05, 3.63) is 41.1 Å². The maximum atomic E-state index is 3.22. The van der Waals surface area contributed by atoms with Gasteiger partial charge in [-0.3, -0.25) is 0 Å². The SMILES string of the molecule is CNC(NC)c1ccc(/C=C/[Si](C)(C)C)cc1. The molecule has 0 amide bonds. The molecule has 0 unspecified atom stereocenters. The molecule has 1 rings (SSSR count). The van der Waals surface area contributed by atoms with E-state index in [4.69, 9.17) is 0 Å². The van der Waals surface area contributed by atoms with Crippen LogP contribution in [0.3, 0.4) is 0 Å². The van der Waals surface area contributed by atoms with Crippen LogP contribution >= 0.6 is 0 Å². The number of benzene rings is 1. The lowest BCUT2D eigenvalue weighted by molar-refractivity contribution is 0.520. The molecule has 94 valence electrons. The molecule has 0 spiro atoms. The predicted octanol–water partition coefficient (Wildman–Crippen LogP) is 3.01. The van der Waals surface area contributed by atoms with E-state index in [0.717, 1.165) is 0 Å². The van der Waals surface area contributed by atoms with Crippen LogP contribution in [-0.2, 0) is 0 Å². The zero-order chi connectivity index (χ0) is 12.9. The van der Waals surface area contributed by atoms with Crippen LogP contribution < -0.4 is 10.6 Å². The molecule has 1 aromatic carbocycles. The summed E-state index contributed by atoms with van der Waals surface area (Å²) in [4.78, 5) is 0. The lowest BCUT2D eigenvalue weighted by Crippen LogP contribution is -2.28. The van der Waals surface area contributed by atoms with Gasteiger partial charge < -0.3 is 10.6 Å². The van der Waals surface area contributed by atoms with Crippen LogP contribution in [0.2, 0.25) is 19.6 Å². The molecule has 0 saturated heterocycles. The summed E-state index contributed by atoms with van der Waals surface area (Å²) in [5, 5.41) is 6.44. The molecule has 0 heterocycles. The Labute approximate surface area is 106 Å². The average molecular weight is 248 g/mol. The molecule has 1 aromatic rings. The van der Waals surface area contributed by atoms with Gasteiger partial charge in [0, 0.05) is 0 Å². The van der Waals surface area contributed by atoms with Crippen molar-refractivity contribution in [3.63, 3.8) is 0 Å². The number of hydrogen-bond donors (Lipinski definition) is 2. The number of rotatable bonds is 5. The Hall–Kier alpha value is -0.903. The Morgan fingerprint density at radius 1 is 1.00 bits per heavy atom. The highest BCUT2D eigenvalue weighted by molar-refractivity contribution is 6.81. The second-order valence-electron chi connectivity index (χ2n) is 5.38. The van der Waals surface area contributed by atoms with Crippen LogP contribution in [0.4, 0.5) is 0 Å². The molecule has 0 aliphatic carbocycles. The summed E-state index contributed by atoms with van der Waals surface area (Å²) in [6.07, 6.45) is 2.47. The highest BCUT2D eigenvalue weighted by Crippen LogP contribution is 2.13. The van der Waals surface area contributed by atoms with Gasteiger partial charge in [0.1, 0.15) is 0 Å². The van der Waals surface area contributed by atoms with Crippen LogP contribution in [0, 0.1) is 0 Å². The highest BCUT2D eigenvalue weighted by atomic mass is 28.3. The molecule has 0 aromatic heterocycles. The third-order valence-electron chi connectivity index (χ3n) is 2.62. The standard InChI is InChI=1S/C14H24N2Si/c1-15-14(16-2)13-8-6-12(7-9-13)10-11-17(3,4)5/h6-11,14-16H,1-5H3/b11-10+. The molecule has 17 heavy (non-hydrogen) atoms. The predicted molar refractivity (Wildman–Crippen MR) is 79.7 cm³/mol. The van der Waals surface area contributed by atoms with Crippen molar-refractivity contribution in [2.45, 2.75) is 25.8 Å². The van der Waals surface area contributed by atoms with E-state index in [1.807, 2.05) is 14.1 Å². The summed E-state index contributed by atoms with van der Waals surface area (Å²) in [5.74, 6) is 0. The van der Waals surface area contributed by atoms with Gasteiger partial charge in [-0.1, -0.05) is 55.7 Å². The summed E-state index contributed by atoms with van der Waals surface area (Å²) in [7, 11) is 2.82. The Bertz CT molecular complexity index is 359. The van der Waals surface area contributed by atoms with Crippen molar-refractivity contribution in [2.24, 2.45) is 0 Å². The fourth-order valence-corrected chi connectivity index (χ4v) is 2.32. The zero-order valence-electron chi connectivity index (χ0n) is 11.5. The molecule has 2 N–H and O–H groups in total. The van der Waals surface area contributed by atoms with E-state index in [0.29, 0.717) is 0 Å². The van der Waals surface area contributed by atoms with E-state index >= 15 is 0 Å². The molecular formula is C14H24N2Si. The van der Waals surface area contributed by atoms with Gasteiger partial charge in [0.2, 0.25) is 0 Å². The van der Waals surface area contributed by atoms with Gasteiger partial charge in [-0.05, 0) is 25.2 Å². The largest absolute Gasteiger partial charge is 0.301 e.